The van der Waals surface area contributed by atoms with E-state index in [1.165, 1.54) is 16.7 Å². The SMILES string of the molecule is Cc1noc(C)c1CCC(=O)N1C(C)SCC1C(=O)O. The zero-order valence-corrected chi connectivity index (χ0v) is 12.6. The number of carbonyl (C=O) groups excluding carboxylic acids is 1. The third kappa shape index (κ3) is 2.82. The summed E-state index contributed by atoms with van der Waals surface area (Å²) in [6, 6.07) is -0.716. The summed E-state index contributed by atoms with van der Waals surface area (Å²) in [5, 5.41) is 12.9. The molecule has 0 aliphatic carbocycles. The first-order valence-electron chi connectivity index (χ1n) is 6.49. The average Bonchev–Trinajstić information content (AvgIpc) is 2.91. The molecule has 1 saturated heterocycles. The third-order valence-electron chi connectivity index (χ3n) is 3.57. The number of rotatable bonds is 4. The maximum absolute atomic E-state index is 12.3. The number of carboxylic acids is 1. The van der Waals surface area contributed by atoms with Gasteiger partial charge in [-0.2, -0.15) is 0 Å². The van der Waals surface area contributed by atoms with Gasteiger partial charge in [0.2, 0.25) is 5.91 Å². The van der Waals surface area contributed by atoms with Gasteiger partial charge < -0.3 is 14.5 Å². The average molecular weight is 298 g/mol. The Labute approximate surface area is 121 Å². The van der Waals surface area contributed by atoms with Crippen LogP contribution in [0.25, 0.3) is 0 Å². The third-order valence-corrected chi connectivity index (χ3v) is 4.78. The number of aryl methyl sites for hydroxylation is 2. The molecule has 1 amide bonds. The maximum atomic E-state index is 12.3. The van der Waals surface area contributed by atoms with Crippen LogP contribution < -0.4 is 0 Å². The van der Waals surface area contributed by atoms with Crippen molar-refractivity contribution in [2.75, 3.05) is 5.75 Å². The molecule has 0 radical (unpaired) electrons. The van der Waals surface area contributed by atoms with Crippen LogP contribution in [0.1, 0.15) is 30.4 Å². The summed E-state index contributed by atoms with van der Waals surface area (Å²) in [6.07, 6.45) is 0.803. The molecule has 7 heteroatoms. The highest BCUT2D eigenvalue weighted by atomic mass is 32.2. The van der Waals surface area contributed by atoms with Crippen molar-refractivity contribution in [2.45, 2.75) is 45.0 Å². The largest absolute Gasteiger partial charge is 0.480 e. The van der Waals surface area contributed by atoms with E-state index in [9.17, 15) is 9.59 Å². The number of aliphatic carboxylic acids is 1. The molecule has 0 spiro atoms. The highest BCUT2D eigenvalue weighted by molar-refractivity contribution is 8.00. The minimum absolute atomic E-state index is 0.0896. The van der Waals surface area contributed by atoms with Crippen molar-refractivity contribution in [2.24, 2.45) is 0 Å². The highest BCUT2D eigenvalue weighted by Gasteiger charge is 2.39. The minimum Gasteiger partial charge on any atom is -0.480 e. The van der Waals surface area contributed by atoms with Crippen LogP contribution in [0.15, 0.2) is 4.52 Å². The summed E-state index contributed by atoms with van der Waals surface area (Å²) in [5.74, 6) is 0.101. The number of carboxylic acid groups (broad SMARTS) is 1. The van der Waals surface area contributed by atoms with Gasteiger partial charge in [0.15, 0.2) is 0 Å². The van der Waals surface area contributed by atoms with Crippen LogP contribution in [0, 0.1) is 13.8 Å². The Hall–Kier alpha value is -1.50. The molecule has 1 fully saturated rings. The Kier molecular flexibility index (Phi) is 4.37. The smallest absolute Gasteiger partial charge is 0.327 e. The van der Waals surface area contributed by atoms with Crippen LogP contribution in [0.5, 0.6) is 0 Å². The van der Waals surface area contributed by atoms with Gasteiger partial charge in [0, 0.05) is 17.7 Å². The van der Waals surface area contributed by atoms with Crippen molar-refractivity contribution >= 4 is 23.6 Å². The van der Waals surface area contributed by atoms with E-state index in [-0.39, 0.29) is 17.7 Å². The van der Waals surface area contributed by atoms with Gasteiger partial charge in [0.25, 0.3) is 0 Å². The predicted octanol–water partition coefficient (Wildman–Crippen LogP) is 1.60. The molecule has 0 bridgehead atoms. The molecule has 0 aromatic carbocycles. The first-order valence-corrected chi connectivity index (χ1v) is 7.54. The topological polar surface area (TPSA) is 83.6 Å². The fourth-order valence-electron chi connectivity index (χ4n) is 2.43. The van der Waals surface area contributed by atoms with Crippen LogP contribution in [0.4, 0.5) is 0 Å². The van der Waals surface area contributed by atoms with E-state index in [0.29, 0.717) is 17.9 Å². The van der Waals surface area contributed by atoms with E-state index in [1.807, 2.05) is 20.8 Å². The molecule has 1 aliphatic rings. The Balaban J connectivity index is 2.02. The van der Waals surface area contributed by atoms with E-state index >= 15 is 0 Å². The summed E-state index contributed by atoms with van der Waals surface area (Å²) >= 11 is 1.49. The molecule has 2 atom stereocenters. The number of hydrogen-bond donors (Lipinski definition) is 1. The normalized spacial score (nSPS) is 22.2. The van der Waals surface area contributed by atoms with E-state index in [0.717, 1.165) is 11.3 Å². The molecule has 2 unspecified atom stereocenters. The number of hydrogen-bond acceptors (Lipinski definition) is 5. The minimum atomic E-state index is -0.937. The predicted molar refractivity (Wildman–Crippen MR) is 74.5 cm³/mol. The molecular formula is C13H18N2O4S. The lowest BCUT2D eigenvalue weighted by molar-refractivity contribution is -0.148. The summed E-state index contributed by atoms with van der Waals surface area (Å²) in [5.41, 5.74) is 1.72. The standard InChI is InChI=1S/C13H18N2O4S/c1-7-10(8(2)19-14-7)4-5-12(16)15-9(3)20-6-11(15)13(17)18/h9,11H,4-6H2,1-3H3,(H,17,18). The number of amides is 1. The van der Waals surface area contributed by atoms with Crippen molar-refractivity contribution in [1.82, 2.24) is 10.1 Å². The van der Waals surface area contributed by atoms with Gasteiger partial charge in [-0.1, -0.05) is 5.16 Å². The lowest BCUT2D eigenvalue weighted by Gasteiger charge is -2.25. The second kappa shape index (κ2) is 5.87. The van der Waals surface area contributed by atoms with Crippen molar-refractivity contribution < 1.29 is 19.2 Å². The van der Waals surface area contributed by atoms with Crippen molar-refractivity contribution in [1.29, 1.82) is 0 Å². The molecule has 1 aromatic rings. The first kappa shape index (κ1) is 14.9. The Morgan fingerprint density at radius 3 is 2.75 bits per heavy atom. The molecule has 1 N–H and O–H groups in total. The number of aromatic nitrogens is 1. The molecule has 110 valence electrons. The molecule has 6 nitrogen and oxygen atoms in total. The Bertz CT molecular complexity index is 509. The van der Waals surface area contributed by atoms with Gasteiger partial charge in [-0.05, 0) is 27.2 Å². The van der Waals surface area contributed by atoms with E-state index in [1.54, 1.807) is 0 Å². The lowest BCUT2D eigenvalue weighted by atomic mass is 10.1. The molecule has 1 aliphatic heterocycles. The molecule has 1 aromatic heterocycles. The summed E-state index contributed by atoms with van der Waals surface area (Å²) in [7, 11) is 0. The quantitative estimate of drug-likeness (QED) is 0.909. The van der Waals surface area contributed by atoms with Crippen molar-refractivity contribution in [3.05, 3.63) is 17.0 Å². The summed E-state index contributed by atoms with van der Waals surface area (Å²) in [6.45, 7) is 5.51. The Morgan fingerprint density at radius 1 is 1.50 bits per heavy atom. The fraction of sp³-hybridized carbons (Fsp3) is 0.615. The molecule has 2 heterocycles. The van der Waals surface area contributed by atoms with Crippen LogP contribution in [0.3, 0.4) is 0 Å². The van der Waals surface area contributed by atoms with Gasteiger partial charge >= 0.3 is 5.97 Å². The zero-order chi connectivity index (χ0) is 14.9. The second-order valence-electron chi connectivity index (χ2n) is 4.89. The van der Waals surface area contributed by atoms with Crippen LogP contribution in [-0.4, -0.2) is 44.2 Å². The number of nitrogens with zero attached hydrogens (tertiary/aromatic N) is 2. The summed E-state index contributed by atoms with van der Waals surface area (Å²) < 4.78 is 5.06. The maximum Gasteiger partial charge on any atom is 0.327 e. The van der Waals surface area contributed by atoms with Crippen LogP contribution >= 0.6 is 11.8 Å². The van der Waals surface area contributed by atoms with Crippen LogP contribution in [0.2, 0.25) is 0 Å². The van der Waals surface area contributed by atoms with Crippen molar-refractivity contribution in [3.63, 3.8) is 0 Å². The Morgan fingerprint density at radius 2 is 2.20 bits per heavy atom. The van der Waals surface area contributed by atoms with Gasteiger partial charge in [-0.25, -0.2) is 4.79 Å². The van der Waals surface area contributed by atoms with Gasteiger partial charge in [0.05, 0.1) is 11.1 Å². The highest BCUT2D eigenvalue weighted by Crippen LogP contribution is 2.29. The summed E-state index contributed by atoms with van der Waals surface area (Å²) in [4.78, 5) is 24.9. The molecule has 0 saturated carbocycles. The monoisotopic (exact) mass is 298 g/mol. The zero-order valence-electron chi connectivity index (χ0n) is 11.8. The van der Waals surface area contributed by atoms with E-state index < -0.39 is 12.0 Å². The van der Waals surface area contributed by atoms with Gasteiger partial charge in [-0.3, -0.25) is 4.79 Å². The van der Waals surface area contributed by atoms with Crippen LogP contribution in [-0.2, 0) is 16.0 Å². The molecular weight excluding hydrogens is 280 g/mol. The molecule has 20 heavy (non-hydrogen) atoms. The first-order chi connectivity index (χ1) is 9.41. The van der Waals surface area contributed by atoms with Crippen molar-refractivity contribution in [3.8, 4) is 0 Å². The number of thioether (sulfide) groups is 1. The van der Waals surface area contributed by atoms with Gasteiger partial charge in [0.1, 0.15) is 11.8 Å². The lowest BCUT2D eigenvalue weighted by Crippen LogP contribution is -2.44. The molecule has 2 rings (SSSR count). The van der Waals surface area contributed by atoms with E-state index in [4.69, 9.17) is 9.63 Å². The number of carbonyl (C=O) groups is 2. The van der Waals surface area contributed by atoms with E-state index in [2.05, 4.69) is 5.16 Å². The second-order valence-corrected chi connectivity index (χ2v) is 6.24. The fourth-order valence-corrected chi connectivity index (χ4v) is 3.62. The van der Waals surface area contributed by atoms with Gasteiger partial charge in [-0.15, -0.1) is 11.8 Å².